The molecule has 2 aromatic carbocycles. The fourth-order valence-corrected chi connectivity index (χ4v) is 3.52. The zero-order valence-corrected chi connectivity index (χ0v) is 16.6. The first-order valence-corrected chi connectivity index (χ1v) is 9.55. The molecule has 1 saturated heterocycles. The van der Waals surface area contributed by atoms with Crippen LogP contribution in [0.3, 0.4) is 0 Å². The molecular formula is C22H27N3O3. The van der Waals surface area contributed by atoms with Crippen molar-refractivity contribution >= 4 is 23.2 Å². The summed E-state index contributed by atoms with van der Waals surface area (Å²) in [7, 11) is 0. The predicted octanol–water partition coefficient (Wildman–Crippen LogP) is 3.30. The van der Waals surface area contributed by atoms with Crippen molar-refractivity contribution < 1.29 is 14.3 Å². The molecule has 0 aliphatic carbocycles. The van der Waals surface area contributed by atoms with Gasteiger partial charge in [-0.2, -0.15) is 0 Å². The molecule has 0 spiro atoms. The maximum Gasteiger partial charge on any atom is 0.257 e. The standard InChI is InChI=1S/C22H27N3O3/c1-15-7-6-8-18(11-15)23-22(27)19-9-4-5-10-20(19)24-21(26)14-25-12-16(2)28-17(3)13-25/h4-11,16-17H,12-14H2,1-3H3,(H,23,27)(H,24,26)/t16-,17+. The Labute approximate surface area is 165 Å². The molecule has 1 fully saturated rings. The first-order valence-electron chi connectivity index (χ1n) is 9.55. The molecule has 0 bridgehead atoms. The van der Waals surface area contributed by atoms with Crippen molar-refractivity contribution in [2.75, 3.05) is 30.3 Å². The lowest BCUT2D eigenvalue weighted by molar-refractivity contribution is -0.121. The van der Waals surface area contributed by atoms with Crippen LogP contribution in [0.15, 0.2) is 48.5 Å². The van der Waals surface area contributed by atoms with Crippen LogP contribution in [-0.2, 0) is 9.53 Å². The molecule has 6 nitrogen and oxygen atoms in total. The van der Waals surface area contributed by atoms with Gasteiger partial charge in [0.15, 0.2) is 0 Å². The Hall–Kier alpha value is -2.70. The summed E-state index contributed by atoms with van der Waals surface area (Å²) in [5.74, 6) is -0.396. The Morgan fingerprint density at radius 1 is 1.04 bits per heavy atom. The van der Waals surface area contributed by atoms with Crippen LogP contribution >= 0.6 is 0 Å². The zero-order valence-electron chi connectivity index (χ0n) is 16.6. The number of aryl methyl sites for hydroxylation is 1. The minimum Gasteiger partial charge on any atom is -0.373 e. The van der Waals surface area contributed by atoms with Gasteiger partial charge in [-0.25, -0.2) is 0 Å². The molecule has 6 heteroatoms. The van der Waals surface area contributed by atoms with Crippen molar-refractivity contribution in [2.24, 2.45) is 0 Å². The highest BCUT2D eigenvalue weighted by Gasteiger charge is 2.24. The number of anilines is 2. The summed E-state index contributed by atoms with van der Waals surface area (Å²) in [6.07, 6.45) is 0.202. The van der Waals surface area contributed by atoms with E-state index in [9.17, 15) is 9.59 Å². The number of hydrogen-bond acceptors (Lipinski definition) is 4. The summed E-state index contributed by atoms with van der Waals surface area (Å²) in [5, 5.41) is 5.77. The van der Waals surface area contributed by atoms with Crippen LogP contribution in [-0.4, -0.2) is 48.6 Å². The topological polar surface area (TPSA) is 70.7 Å². The van der Waals surface area contributed by atoms with Gasteiger partial charge >= 0.3 is 0 Å². The Morgan fingerprint density at radius 3 is 2.46 bits per heavy atom. The number of rotatable bonds is 5. The predicted molar refractivity (Wildman–Crippen MR) is 111 cm³/mol. The SMILES string of the molecule is Cc1cccc(NC(=O)c2ccccc2NC(=O)CN2C[C@@H](C)O[C@@H](C)C2)c1. The minimum absolute atomic E-state index is 0.101. The van der Waals surface area contributed by atoms with Gasteiger partial charge in [0.05, 0.1) is 30.0 Å². The van der Waals surface area contributed by atoms with Gasteiger partial charge in [0, 0.05) is 18.8 Å². The number of nitrogens with one attached hydrogen (secondary N) is 2. The van der Waals surface area contributed by atoms with E-state index in [0.717, 1.165) is 11.3 Å². The molecule has 0 unspecified atom stereocenters. The van der Waals surface area contributed by atoms with E-state index in [2.05, 4.69) is 15.5 Å². The Balaban J connectivity index is 1.66. The molecule has 3 rings (SSSR count). The summed E-state index contributed by atoms with van der Waals surface area (Å²) in [6.45, 7) is 7.68. The fourth-order valence-electron chi connectivity index (χ4n) is 3.52. The molecule has 148 valence electrons. The first-order chi connectivity index (χ1) is 13.4. The molecule has 0 saturated carbocycles. The summed E-state index contributed by atoms with van der Waals surface area (Å²) < 4.78 is 5.71. The molecule has 2 N–H and O–H groups in total. The number of ether oxygens (including phenoxy) is 1. The number of morpholine rings is 1. The van der Waals surface area contributed by atoms with Crippen LogP contribution in [0.25, 0.3) is 0 Å². The minimum atomic E-state index is -0.255. The zero-order chi connectivity index (χ0) is 20.1. The lowest BCUT2D eigenvalue weighted by atomic mass is 10.1. The van der Waals surface area contributed by atoms with Gasteiger partial charge < -0.3 is 15.4 Å². The molecule has 0 radical (unpaired) electrons. The van der Waals surface area contributed by atoms with Gasteiger partial charge in [0.2, 0.25) is 5.91 Å². The highest BCUT2D eigenvalue weighted by atomic mass is 16.5. The summed E-state index contributed by atoms with van der Waals surface area (Å²) in [5.41, 5.74) is 2.73. The van der Waals surface area contributed by atoms with Crippen LogP contribution in [0.1, 0.15) is 29.8 Å². The van der Waals surface area contributed by atoms with E-state index in [1.807, 2.05) is 45.0 Å². The molecule has 28 heavy (non-hydrogen) atoms. The summed E-state index contributed by atoms with van der Waals surface area (Å²) >= 11 is 0. The van der Waals surface area contributed by atoms with Crippen molar-refractivity contribution in [2.45, 2.75) is 33.0 Å². The van der Waals surface area contributed by atoms with Crippen molar-refractivity contribution in [3.63, 3.8) is 0 Å². The largest absolute Gasteiger partial charge is 0.373 e. The van der Waals surface area contributed by atoms with Gasteiger partial charge in [-0.3, -0.25) is 14.5 Å². The molecule has 2 atom stereocenters. The van der Waals surface area contributed by atoms with Gasteiger partial charge in [0.25, 0.3) is 5.91 Å². The van der Waals surface area contributed by atoms with Crippen LogP contribution in [0, 0.1) is 6.92 Å². The third kappa shape index (κ3) is 5.41. The molecule has 2 aromatic rings. The van der Waals surface area contributed by atoms with Crippen molar-refractivity contribution in [3.8, 4) is 0 Å². The average Bonchev–Trinajstić information content (AvgIpc) is 2.61. The lowest BCUT2D eigenvalue weighted by Gasteiger charge is -2.34. The number of hydrogen-bond donors (Lipinski definition) is 2. The number of carbonyl (C=O) groups is 2. The second-order valence-corrected chi connectivity index (χ2v) is 7.37. The van der Waals surface area contributed by atoms with E-state index in [-0.39, 0.29) is 30.6 Å². The van der Waals surface area contributed by atoms with Gasteiger partial charge in [0.1, 0.15) is 0 Å². The van der Waals surface area contributed by atoms with E-state index in [4.69, 9.17) is 4.74 Å². The maximum absolute atomic E-state index is 12.7. The van der Waals surface area contributed by atoms with Gasteiger partial charge in [-0.1, -0.05) is 24.3 Å². The Kier molecular flexibility index (Phi) is 6.44. The quantitative estimate of drug-likeness (QED) is 0.834. The van der Waals surface area contributed by atoms with Gasteiger partial charge in [-0.15, -0.1) is 0 Å². The third-order valence-electron chi connectivity index (χ3n) is 4.58. The van der Waals surface area contributed by atoms with Crippen molar-refractivity contribution in [1.82, 2.24) is 4.90 Å². The monoisotopic (exact) mass is 381 g/mol. The Morgan fingerprint density at radius 2 is 1.75 bits per heavy atom. The third-order valence-corrected chi connectivity index (χ3v) is 4.58. The Bertz CT molecular complexity index is 842. The molecule has 1 aliphatic rings. The van der Waals surface area contributed by atoms with Crippen LogP contribution in [0.4, 0.5) is 11.4 Å². The number of benzene rings is 2. The number of amides is 2. The van der Waals surface area contributed by atoms with Crippen LogP contribution in [0.5, 0.6) is 0 Å². The van der Waals surface area contributed by atoms with Crippen molar-refractivity contribution in [3.05, 3.63) is 59.7 Å². The smallest absolute Gasteiger partial charge is 0.257 e. The highest BCUT2D eigenvalue weighted by Crippen LogP contribution is 2.18. The van der Waals surface area contributed by atoms with Crippen LogP contribution < -0.4 is 10.6 Å². The molecule has 1 aliphatic heterocycles. The number of carbonyl (C=O) groups excluding carboxylic acids is 2. The molecule has 1 heterocycles. The normalized spacial score (nSPS) is 19.8. The highest BCUT2D eigenvalue weighted by molar-refractivity contribution is 6.10. The van der Waals surface area contributed by atoms with E-state index in [0.29, 0.717) is 24.3 Å². The lowest BCUT2D eigenvalue weighted by Crippen LogP contribution is -2.48. The van der Waals surface area contributed by atoms with E-state index < -0.39 is 0 Å². The second kappa shape index (κ2) is 8.99. The van der Waals surface area contributed by atoms with Gasteiger partial charge in [-0.05, 0) is 50.6 Å². The molecular weight excluding hydrogens is 354 g/mol. The first kappa shape index (κ1) is 20.0. The van der Waals surface area contributed by atoms with Crippen LogP contribution in [0.2, 0.25) is 0 Å². The van der Waals surface area contributed by atoms with E-state index in [1.54, 1.807) is 24.3 Å². The molecule has 0 aromatic heterocycles. The fraction of sp³-hybridized carbons (Fsp3) is 0.364. The summed E-state index contributed by atoms with van der Waals surface area (Å²) in [6, 6.07) is 14.6. The maximum atomic E-state index is 12.7. The van der Waals surface area contributed by atoms with E-state index in [1.165, 1.54) is 0 Å². The molecule has 2 amide bonds. The second-order valence-electron chi connectivity index (χ2n) is 7.37. The number of nitrogens with zero attached hydrogens (tertiary/aromatic N) is 1. The number of para-hydroxylation sites is 1. The summed E-state index contributed by atoms with van der Waals surface area (Å²) in [4.78, 5) is 27.3. The average molecular weight is 381 g/mol. The van der Waals surface area contributed by atoms with E-state index >= 15 is 0 Å². The van der Waals surface area contributed by atoms with Crippen molar-refractivity contribution in [1.29, 1.82) is 0 Å².